The molecule has 0 spiro atoms. The van der Waals surface area contributed by atoms with E-state index in [1.54, 1.807) is 0 Å². The van der Waals surface area contributed by atoms with E-state index < -0.39 is 56.9 Å². The van der Waals surface area contributed by atoms with Gasteiger partial charge in [0, 0.05) is 25.7 Å². The van der Waals surface area contributed by atoms with E-state index in [0.717, 1.165) is 25.7 Å². The average molecular weight is 614 g/mol. The van der Waals surface area contributed by atoms with Gasteiger partial charge in [-0.2, -0.15) is 4.31 Å². The van der Waals surface area contributed by atoms with E-state index in [0.29, 0.717) is 38.8 Å². The van der Waals surface area contributed by atoms with Crippen molar-refractivity contribution in [3.8, 4) is 0 Å². The number of carboxylic acids is 1. The summed E-state index contributed by atoms with van der Waals surface area (Å²) in [5, 5.41) is 18.1. The number of hydrogen-bond acceptors (Lipinski definition) is 6. The van der Waals surface area contributed by atoms with Crippen LogP contribution < -0.4 is 16.0 Å². The van der Waals surface area contributed by atoms with Gasteiger partial charge in [-0.25, -0.2) is 18.0 Å². The Morgan fingerprint density at radius 2 is 1.71 bits per heavy atom. The zero-order chi connectivity index (χ0) is 31.1. The molecule has 3 unspecified atom stereocenters. The Balaban J connectivity index is 1.49. The molecule has 240 valence electrons. The number of aliphatic carboxylic acids is 1. The Labute approximate surface area is 250 Å². The van der Waals surface area contributed by atoms with Crippen LogP contribution in [0.3, 0.4) is 0 Å². The number of carbonyl (C=O) groups excluding carboxylic acids is 3. The standard InChI is InChI=1S/C29H51N5O7S/c1-5-6-7-8-9-10-13-21-18-29(21,26(37)38)32-25(36)22-14-11-16-34(22)24(35)19-30-27(39)31-23(28(2,3)4)20-33-15-12-17-42(33,40)41/h21-23H,5-20H2,1-4H3,(H,32,36)(H,37,38)(H2,30,31,39)/t21?,22?,23?,29-/m1/s1. The zero-order valence-corrected chi connectivity index (χ0v) is 26.6. The molecule has 4 amide bonds. The van der Waals surface area contributed by atoms with Crippen molar-refractivity contribution < 1.29 is 32.7 Å². The van der Waals surface area contributed by atoms with Crippen LogP contribution in [0, 0.1) is 11.3 Å². The van der Waals surface area contributed by atoms with Crippen LogP contribution in [0.2, 0.25) is 0 Å². The number of hydrogen-bond donors (Lipinski definition) is 4. The third-order valence-electron chi connectivity index (χ3n) is 8.96. The summed E-state index contributed by atoms with van der Waals surface area (Å²) in [5.74, 6) is -1.93. The van der Waals surface area contributed by atoms with Gasteiger partial charge in [0.05, 0.1) is 12.3 Å². The molecule has 12 nitrogen and oxygen atoms in total. The molecular weight excluding hydrogens is 562 g/mol. The van der Waals surface area contributed by atoms with E-state index >= 15 is 0 Å². The number of sulfonamides is 1. The van der Waals surface area contributed by atoms with E-state index in [4.69, 9.17) is 0 Å². The summed E-state index contributed by atoms with van der Waals surface area (Å²) in [4.78, 5) is 52.5. The SMILES string of the molecule is CCCCCCCCC1C[C@]1(NC(=O)C1CCCN1C(=O)CNC(=O)NC(CN1CCCS1(=O)=O)C(C)(C)C)C(=O)O. The van der Waals surface area contributed by atoms with Crippen molar-refractivity contribution in [2.24, 2.45) is 11.3 Å². The molecular formula is C29H51N5O7S. The highest BCUT2D eigenvalue weighted by molar-refractivity contribution is 7.89. The highest BCUT2D eigenvalue weighted by atomic mass is 32.2. The summed E-state index contributed by atoms with van der Waals surface area (Å²) in [7, 11) is -3.33. The summed E-state index contributed by atoms with van der Waals surface area (Å²) in [6.45, 7) is 8.45. The van der Waals surface area contributed by atoms with E-state index in [1.165, 1.54) is 28.5 Å². The Kier molecular flexibility index (Phi) is 11.7. The monoisotopic (exact) mass is 613 g/mol. The summed E-state index contributed by atoms with van der Waals surface area (Å²) < 4.78 is 25.9. The van der Waals surface area contributed by atoms with Gasteiger partial charge in [0.25, 0.3) is 0 Å². The molecule has 0 aromatic carbocycles. The number of likely N-dealkylation sites (tertiary alicyclic amines) is 1. The molecule has 0 radical (unpaired) electrons. The second-order valence-corrected chi connectivity index (χ2v) is 15.3. The molecule has 1 aliphatic carbocycles. The van der Waals surface area contributed by atoms with Crippen molar-refractivity contribution in [1.82, 2.24) is 25.2 Å². The smallest absolute Gasteiger partial charge is 0.329 e. The minimum atomic E-state index is -3.33. The Morgan fingerprint density at radius 1 is 1.02 bits per heavy atom. The van der Waals surface area contributed by atoms with Gasteiger partial charge in [-0.1, -0.05) is 66.2 Å². The summed E-state index contributed by atoms with van der Waals surface area (Å²) in [6, 6.07) is -1.86. The largest absolute Gasteiger partial charge is 0.479 e. The van der Waals surface area contributed by atoms with Gasteiger partial charge < -0.3 is 26.0 Å². The number of nitrogens with one attached hydrogen (secondary N) is 3. The highest BCUT2D eigenvalue weighted by Gasteiger charge is 2.61. The van der Waals surface area contributed by atoms with E-state index in [9.17, 15) is 32.7 Å². The first-order valence-corrected chi connectivity index (χ1v) is 17.2. The van der Waals surface area contributed by atoms with Crippen molar-refractivity contribution in [2.45, 2.75) is 116 Å². The number of urea groups is 1. The molecule has 1 saturated carbocycles. The quantitative estimate of drug-likeness (QED) is 0.206. The molecule has 3 aliphatic rings. The van der Waals surface area contributed by atoms with E-state index in [-0.39, 0.29) is 24.8 Å². The first kappa shape index (κ1) is 34.1. The lowest BCUT2D eigenvalue weighted by Gasteiger charge is -2.34. The average Bonchev–Trinajstić information content (AvgIpc) is 3.21. The van der Waals surface area contributed by atoms with E-state index in [2.05, 4.69) is 22.9 Å². The molecule has 3 rings (SSSR count). The van der Waals surface area contributed by atoms with Crippen LogP contribution in [0.4, 0.5) is 4.79 Å². The predicted octanol–water partition coefficient (Wildman–Crippen LogP) is 2.44. The van der Waals surface area contributed by atoms with Crippen molar-refractivity contribution in [2.75, 3.05) is 31.9 Å². The van der Waals surface area contributed by atoms with Crippen molar-refractivity contribution in [3.05, 3.63) is 0 Å². The Hall–Kier alpha value is -2.41. The number of carboxylic acid groups (broad SMARTS) is 1. The predicted molar refractivity (Wildman–Crippen MR) is 159 cm³/mol. The lowest BCUT2D eigenvalue weighted by atomic mass is 9.86. The van der Waals surface area contributed by atoms with Crippen molar-refractivity contribution >= 4 is 33.8 Å². The maximum atomic E-state index is 13.2. The first-order chi connectivity index (χ1) is 19.7. The second-order valence-electron chi connectivity index (χ2n) is 13.2. The Bertz CT molecular complexity index is 1090. The van der Waals surface area contributed by atoms with Crippen LogP contribution in [0.1, 0.15) is 98.3 Å². The number of carbonyl (C=O) groups is 4. The number of rotatable bonds is 15. The molecule has 4 atom stereocenters. The lowest BCUT2D eigenvalue weighted by Crippen LogP contribution is -2.56. The molecule has 2 saturated heterocycles. The van der Waals surface area contributed by atoms with Crippen molar-refractivity contribution in [1.29, 1.82) is 0 Å². The van der Waals surface area contributed by atoms with Crippen LogP contribution in [-0.4, -0.2) is 96.1 Å². The summed E-state index contributed by atoms with van der Waals surface area (Å²) in [5.41, 5.74) is -1.70. The van der Waals surface area contributed by atoms with Crippen LogP contribution in [-0.2, 0) is 24.4 Å². The van der Waals surface area contributed by atoms with Gasteiger partial charge in [-0.15, -0.1) is 0 Å². The van der Waals surface area contributed by atoms with Crippen molar-refractivity contribution in [3.63, 3.8) is 0 Å². The Morgan fingerprint density at radius 3 is 2.33 bits per heavy atom. The third kappa shape index (κ3) is 8.81. The van der Waals surface area contributed by atoms with Gasteiger partial charge in [0.15, 0.2) is 0 Å². The zero-order valence-electron chi connectivity index (χ0n) is 25.7. The molecule has 0 aromatic heterocycles. The van der Waals surface area contributed by atoms with Gasteiger partial charge in [-0.3, -0.25) is 9.59 Å². The van der Waals surface area contributed by atoms with Gasteiger partial charge in [0.2, 0.25) is 21.8 Å². The molecule has 4 N–H and O–H groups in total. The van der Waals surface area contributed by atoms with Crippen LogP contribution in [0.15, 0.2) is 0 Å². The fourth-order valence-electron chi connectivity index (χ4n) is 6.06. The fourth-order valence-corrected chi connectivity index (χ4v) is 7.60. The molecule has 2 heterocycles. The fraction of sp³-hybridized carbons (Fsp3) is 0.862. The van der Waals surface area contributed by atoms with Gasteiger partial charge >= 0.3 is 12.0 Å². The molecule has 0 bridgehead atoms. The maximum absolute atomic E-state index is 13.2. The van der Waals surface area contributed by atoms with Gasteiger partial charge in [0.1, 0.15) is 11.6 Å². The van der Waals surface area contributed by atoms with Crippen LogP contribution in [0.25, 0.3) is 0 Å². The summed E-state index contributed by atoms with van der Waals surface area (Å²) in [6.07, 6.45) is 9.43. The number of unbranched alkanes of at least 4 members (excludes halogenated alkanes) is 5. The molecule has 0 aromatic rings. The first-order valence-electron chi connectivity index (χ1n) is 15.6. The molecule has 42 heavy (non-hydrogen) atoms. The topological polar surface area (TPSA) is 165 Å². The molecule has 13 heteroatoms. The number of nitrogens with zero attached hydrogens (tertiary/aromatic N) is 2. The van der Waals surface area contributed by atoms with Crippen LogP contribution >= 0.6 is 0 Å². The number of amides is 4. The van der Waals surface area contributed by atoms with Gasteiger partial charge in [-0.05, 0) is 43.4 Å². The lowest BCUT2D eigenvalue weighted by molar-refractivity contribution is -0.145. The minimum Gasteiger partial charge on any atom is -0.479 e. The normalized spacial score (nSPS) is 26.0. The molecule has 3 fully saturated rings. The van der Waals surface area contributed by atoms with E-state index in [1.807, 2.05) is 20.8 Å². The third-order valence-corrected chi connectivity index (χ3v) is 10.9. The second kappa shape index (κ2) is 14.4. The highest BCUT2D eigenvalue weighted by Crippen LogP contribution is 2.47. The van der Waals surface area contributed by atoms with Crippen LogP contribution in [0.5, 0.6) is 0 Å². The molecule has 2 aliphatic heterocycles. The maximum Gasteiger partial charge on any atom is 0.329 e. The minimum absolute atomic E-state index is 0.0997. The summed E-state index contributed by atoms with van der Waals surface area (Å²) >= 11 is 0.